The van der Waals surface area contributed by atoms with Gasteiger partial charge in [-0.1, -0.05) is 13.8 Å². The van der Waals surface area contributed by atoms with Crippen LogP contribution in [0.2, 0.25) is 0 Å². The van der Waals surface area contributed by atoms with Crippen molar-refractivity contribution in [1.82, 2.24) is 9.97 Å². The molecule has 3 rings (SSSR count). The summed E-state index contributed by atoms with van der Waals surface area (Å²) < 4.78 is 5.25. The number of nitrogens with zero attached hydrogens (tertiary/aromatic N) is 1. The molecule has 0 atom stereocenters. The lowest BCUT2D eigenvalue weighted by Gasteiger charge is -2.05. The van der Waals surface area contributed by atoms with E-state index in [4.69, 9.17) is 4.74 Å². The van der Waals surface area contributed by atoms with Crippen LogP contribution < -0.4 is 4.74 Å². The van der Waals surface area contributed by atoms with Crippen LogP contribution in [0.1, 0.15) is 43.7 Å². The van der Waals surface area contributed by atoms with E-state index >= 15 is 0 Å². The highest BCUT2D eigenvalue weighted by Gasteiger charge is 2.27. The van der Waals surface area contributed by atoms with Gasteiger partial charge in [-0.25, -0.2) is 4.98 Å². The lowest BCUT2D eigenvalue weighted by atomic mass is 10.1. The Morgan fingerprint density at radius 2 is 2.06 bits per heavy atom. The van der Waals surface area contributed by atoms with Gasteiger partial charge in [0.2, 0.25) is 5.88 Å². The fourth-order valence-electron chi connectivity index (χ4n) is 2.18. The van der Waals surface area contributed by atoms with Gasteiger partial charge in [0, 0.05) is 17.8 Å². The molecule has 0 aromatic carbocycles. The van der Waals surface area contributed by atoms with E-state index in [0.717, 1.165) is 11.4 Å². The molecule has 0 bridgehead atoms. The highest BCUT2D eigenvalue weighted by Crippen LogP contribution is 2.44. The molecule has 0 amide bonds. The van der Waals surface area contributed by atoms with Crippen LogP contribution in [0.15, 0.2) is 12.4 Å². The average Bonchev–Trinajstić information content (AvgIpc) is 3.15. The molecule has 2 aromatic rings. The first-order valence-corrected chi connectivity index (χ1v) is 6.32. The fourth-order valence-corrected chi connectivity index (χ4v) is 2.18. The van der Waals surface area contributed by atoms with Gasteiger partial charge in [0.05, 0.1) is 7.11 Å². The zero-order valence-corrected chi connectivity index (χ0v) is 11.0. The number of hydrogen-bond donors (Lipinski definition) is 1. The van der Waals surface area contributed by atoms with E-state index in [1.54, 1.807) is 7.11 Å². The van der Waals surface area contributed by atoms with E-state index in [1.165, 1.54) is 29.4 Å². The molecule has 2 heterocycles. The molecule has 1 N–H and O–H groups in total. The van der Waals surface area contributed by atoms with Gasteiger partial charge in [0.15, 0.2) is 0 Å². The normalized spacial score (nSPS) is 14.4. The first kappa shape index (κ1) is 12.0. The van der Waals surface area contributed by atoms with Gasteiger partial charge in [0.1, 0.15) is 5.52 Å². The van der Waals surface area contributed by atoms with Gasteiger partial charge in [-0.05, 0) is 36.8 Å². The molecule has 92 valence electrons. The summed E-state index contributed by atoms with van der Waals surface area (Å²) in [7, 11) is 1.66. The van der Waals surface area contributed by atoms with Crippen LogP contribution in [0, 0.1) is 6.92 Å². The van der Waals surface area contributed by atoms with Gasteiger partial charge in [-0.3, -0.25) is 0 Å². The number of aryl methyl sites for hydroxylation is 1. The Balaban J connectivity index is 0.000000514. The summed E-state index contributed by atoms with van der Waals surface area (Å²) in [5, 5.41) is 1.31. The Kier molecular flexibility index (Phi) is 3.36. The monoisotopic (exact) mass is 232 g/mol. The summed E-state index contributed by atoms with van der Waals surface area (Å²) in [5.74, 6) is 1.42. The second-order valence-corrected chi connectivity index (χ2v) is 4.22. The minimum atomic E-state index is 0.697. The number of H-pyrrole nitrogens is 1. The molecular formula is C14H20N2O. The third-order valence-corrected chi connectivity index (χ3v) is 3.11. The molecule has 2 aromatic heterocycles. The van der Waals surface area contributed by atoms with Crippen molar-refractivity contribution in [3.63, 3.8) is 0 Å². The quantitative estimate of drug-likeness (QED) is 0.855. The Hall–Kier alpha value is -1.51. The highest BCUT2D eigenvalue weighted by atomic mass is 16.5. The summed E-state index contributed by atoms with van der Waals surface area (Å²) in [5.41, 5.74) is 3.71. The van der Waals surface area contributed by atoms with Crippen molar-refractivity contribution in [3.8, 4) is 5.88 Å². The Bertz CT molecular complexity index is 512. The third kappa shape index (κ3) is 2.02. The van der Waals surface area contributed by atoms with Crippen molar-refractivity contribution in [3.05, 3.63) is 23.5 Å². The van der Waals surface area contributed by atoms with Crippen molar-refractivity contribution in [2.75, 3.05) is 7.11 Å². The molecule has 0 unspecified atom stereocenters. The second kappa shape index (κ2) is 4.78. The van der Waals surface area contributed by atoms with Crippen molar-refractivity contribution in [2.45, 2.75) is 39.5 Å². The standard InChI is InChI=1S/C12H14N2O.C2H6/c1-7-5-13-11-10(7)9(8-3-4-8)6-14-12(11)15-2;1-2/h5-6,8,13H,3-4H2,1-2H3;1-2H3. The van der Waals surface area contributed by atoms with E-state index in [9.17, 15) is 0 Å². The molecule has 17 heavy (non-hydrogen) atoms. The molecule has 3 nitrogen and oxygen atoms in total. The Morgan fingerprint density at radius 3 is 2.65 bits per heavy atom. The lowest BCUT2D eigenvalue weighted by molar-refractivity contribution is 0.402. The number of aromatic amines is 1. The van der Waals surface area contributed by atoms with E-state index in [0.29, 0.717) is 5.88 Å². The molecule has 0 spiro atoms. The zero-order chi connectivity index (χ0) is 12.4. The fraction of sp³-hybridized carbons (Fsp3) is 0.500. The van der Waals surface area contributed by atoms with Crippen molar-refractivity contribution >= 4 is 10.9 Å². The van der Waals surface area contributed by atoms with Crippen LogP contribution in [-0.4, -0.2) is 17.1 Å². The Labute approximate surface area is 102 Å². The molecule has 1 aliphatic rings. The van der Waals surface area contributed by atoms with Crippen LogP contribution in [0.3, 0.4) is 0 Å². The topological polar surface area (TPSA) is 37.9 Å². The number of pyridine rings is 1. The predicted octanol–water partition coefficient (Wildman–Crippen LogP) is 3.78. The number of hydrogen-bond acceptors (Lipinski definition) is 2. The third-order valence-electron chi connectivity index (χ3n) is 3.11. The average molecular weight is 232 g/mol. The van der Waals surface area contributed by atoms with Crippen molar-refractivity contribution in [2.24, 2.45) is 0 Å². The summed E-state index contributed by atoms with van der Waals surface area (Å²) in [6.45, 7) is 6.13. The lowest BCUT2D eigenvalue weighted by Crippen LogP contribution is -1.92. The highest BCUT2D eigenvalue weighted by molar-refractivity contribution is 5.90. The molecule has 0 radical (unpaired) electrons. The number of aromatic nitrogens is 2. The van der Waals surface area contributed by atoms with Crippen LogP contribution >= 0.6 is 0 Å². The molecule has 1 saturated carbocycles. The first-order chi connectivity index (χ1) is 8.31. The summed E-state index contributed by atoms with van der Waals surface area (Å²) in [4.78, 5) is 7.59. The molecule has 1 fully saturated rings. The van der Waals surface area contributed by atoms with Gasteiger partial charge in [-0.15, -0.1) is 0 Å². The minimum Gasteiger partial charge on any atom is -0.479 e. The number of ether oxygens (including phenoxy) is 1. The van der Waals surface area contributed by atoms with E-state index in [-0.39, 0.29) is 0 Å². The van der Waals surface area contributed by atoms with Gasteiger partial charge in [0.25, 0.3) is 0 Å². The van der Waals surface area contributed by atoms with E-state index < -0.39 is 0 Å². The maximum absolute atomic E-state index is 5.25. The number of fused-ring (bicyclic) bond motifs is 1. The largest absolute Gasteiger partial charge is 0.479 e. The summed E-state index contributed by atoms with van der Waals surface area (Å²) in [6.07, 6.45) is 6.60. The van der Waals surface area contributed by atoms with Crippen molar-refractivity contribution < 1.29 is 4.74 Å². The smallest absolute Gasteiger partial charge is 0.238 e. The summed E-state index contributed by atoms with van der Waals surface area (Å²) in [6, 6.07) is 0. The SMILES string of the molecule is CC.COc1ncc(C2CC2)c2c(C)c[nH]c12. The summed E-state index contributed by atoms with van der Waals surface area (Å²) >= 11 is 0. The van der Waals surface area contributed by atoms with Gasteiger partial charge >= 0.3 is 0 Å². The molecule has 0 saturated heterocycles. The van der Waals surface area contributed by atoms with Gasteiger partial charge < -0.3 is 9.72 Å². The van der Waals surface area contributed by atoms with Crippen LogP contribution in [0.5, 0.6) is 5.88 Å². The number of rotatable bonds is 2. The molecule has 3 heteroatoms. The Morgan fingerprint density at radius 1 is 1.35 bits per heavy atom. The molecule has 1 aliphatic carbocycles. The van der Waals surface area contributed by atoms with E-state index in [2.05, 4.69) is 16.9 Å². The second-order valence-electron chi connectivity index (χ2n) is 4.22. The zero-order valence-electron chi connectivity index (χ0n) is 11.0. The van der Waals surface area contributed by atoms with Crippen LogP contribution in [0.4, 0.5) is 0 Å². The number of nitrogens with one attached hydrogen (secondary N) is 1. The van der Waals surface area contributed by atoms with Crippen LogP contribution in [0.25, 0.3) is 10.9 Å². The van der Waals surface area contributed by atoms with Crippen molar-refractivity contribution in [1.29, 1.82) is 0 Å². The van der Waals surface area contributed by atoms with Gasteiger partial charge in [-0.2, -0.15) is 0 Å². The maximum Gasteiger partial charge on any atom is 0.238 e. The van der Waals surface area contributed by atoms with E-state index in [1.807, 2.05) is 26.2 Å². The molecule has 0 aliphatic heterocycles. The minimum absolute atomic E-state index is 0.697. The first-order valence-electron chi connectivity index (χ1n) is 6.32. The van der Waals surface area contributed by atoms with Crippen LogP contribution in [-0.2, 0) is 0 Å². The molecular weight excluding hydrogens is 212 g/mol. The maximum atomic E-state index is 5.25. The number of methoxy groups -OCH3 is 1. The predicted molar refractivity (Wildman–Crippen MR) is 70.7 cm³/mol.